The summed E-state index contributed by atoms with van der Waals surface area (Å²) in [4.78, 5) is 18.4. The third kappa shape index (κ3) is 13.8. The molecule has 1 aromatic carbocycles. The van der Waals surface area contributed by atoms with Crippen LogP contribution in [0.1, 0.15) is 118 Å². The highest BCUT2D eigenvalue weighted by atomic mass is 19.1. The van der Waals surface area contributed by atoms with Crippen molar-refractivity contribution in [2.75, 3.05) is 48.1 Å². The van der Waals surface area contributed by atoms with Crippen LogP contribution < -0.4 is 0 Å². The molecule has 22 heteroatoms. The molecule has 0 radical (unpaired) electrons. The SMILES string of the molecule is CC[C@H]1OC(=O)[C@H](C)[C@@H](O[C@H]2C[C@@](C)(OC)[C@@H](O)[C@H](C)O2)[C@H](C)[C@@H](O[C@@H]2O[C@H](C)C[C@H](N(C)CCc3cn([C@H](CF)[C@H](OC)c4ccc(-n5ccnn5)cc4)nn3)[C@H]2O)[C@](C)(O)C[C@@H](C)CN(C)[C@H](C)[C@@H](O)[C@]1(C)O. The number of ether oxygens (including phenoxy) is 7. The van der Waals surface area contributed by atoms with Gasteiger partial charge in [-0.25, -0.2) is 13.8 Å². The Morgan fingerprint density at radius 2 is 1.65 bits per heavy atom. The van der Waals surface area contributed by atoms with E-state index in [4.69, 9.17) is 33.2 Å². The lowest BCUT2D eigenvalue weighted by Crippen LogP contribution is -2.61. The number of nitrogens with zero attached hydrogens (tertiary/aromatic N) is 8. The van der Waals surface area contributed by atoms with Gasteiger partial charge in [0.2, 0.25) is 0 Å². The summed E-state index contributed by atoms with van der Waals surface area (Å²) in [5, 5.41) is 76.4. The first-order chi connectivity index (χ1) is 35.3. The first-order valence-electron chi connectivity index (χ1n) is 26.5. The van der Waals surface area contributed by atoms with Crippen LogP contribution in [0.5, 0.6) is 0 Å². The molecule has 21 nitrogen and oxygen atoms in total. The second-order valence-corrected chi connectivity index (χ2v) is 22.4. The smallest absolute Gasteiger partial charge is 0.311 e. The monoisotopic (exact) mass is 1060 g/mol. The molecule has 5 heterocycles. The molecule has 0 bridgehead atoms. The Balaban J connectivity index is 1.26. The minimum Gasteiger partial charge on any atom is -0.459 e. The molecule has 0 unspecified atom stereocenters. The summed E-state index contributed by atoms with van der Waals surface area (Å²) in [6.45, 7) is 17.5. The van der Waals surface area contributed by atoms with E-state index in [9.17, 15) is 34.7 Å². The van der Waals surface area contributed by atoms with Crippen LogP contribution in [0.3, 0.4) is 0 Å². The molecule has 0 saturated carbocycles. The third-order valence-electron chi connectivity index (χ3n) is 16.4. The molecule has 424 valence electrons. The molecule has 3 aliphatic rings. The first kappa shape index (κ1) is 60.6. The number of aliphatic hydroxyl groups excluding tert-OH is 3. The van der Waals surface area contributed by atoms with Gasteiger partial charge in [0.1, 0.15) is 48.8 Å². The van der Waals surface area contributed by atoms with Crippen molar-refractivity contribution in [3.63, 3.8) is 0 Å². The Hall–Kier alpha value is -3.62. The standard InChI is InChI=1S/C53H87FN8O13/c1-15-41-53(10,68)46(64)34(6)60(12)28-30(2)25-51(8,67)48(32(4)44(33(5)49(66)73-41)74-42-26-52(9,70-14)47(65)35(7)72-42)75-50-43(63)39(24-31(3)71-50)59(11)22-20-37-29-62(58-56-37)40(27-54)45(69-13)36-16-18-38(19-17-36)61-23-21-55-57-61/h16-19,21,23,29-35,39-48,50,63-65,67-68H,15,20,22,24-28H2,1-14H3/t30-,31-,32+,33-,34-,35+,39+,40-,41-,42+,43-,44+,45-,46-,47+,48-,50+,51-,52-,53-/m1/s1. The number of hydrogen-bond donors (Lipinski definition) is 5. The largest absolute Gasteiger partial charge is 0.459 e. The summed E-state index contributed by atoms with van der Waals surface area (Å²) in [6.07, 6.45) is -4.75. The number of carbonyl (C=O) groups excluding carboxylic acids is 1. The average Bonchev–Trinajstić information content (AvgIpc) is 4.09. The lowest BCUT2D eigenvalue weighted by molar-refractivity contribution is -0.318. The third-order valence-corrected chi connectivity index (χ3v) is 16.4. The van der Waals surface area contributed by atoms with Crippen molar-refractivity contribution in [3.8, 4) is 5.69 Å². The van der Waals surface area contributed by atoms with Crippen LogP contribution in [0.2, 0.25) is 0 Å². The predicted molar refractivity (Wildman–Crippen MR) is 273 cm³/mol. The lowest BCUT2D eigenvalue weighted by Gasteiger charge is -2.49. The van der Waals surface area contributed by atoms with E-state index >= 15 is 0 Å². The van der Waals surface area contributed by atoms with E-state index in [2.05, 4.69) is 20.6 Å². The van der Waals surface area contributed by atoms with Crippen LogP contribution in [0, 0.1) is 17.8 Å². The molecule has 6 rings (SSSR count). The van der Waals surface area contributed by atoms with Gasteiger partial charge < -0.3 is 68.5 Å². The van der Waals surface area contributed by atoms with Gasteiger partial charge >= 0.3 is 5.97 Å². The fraction of sp³-hybridized carbons (Fsp3) is 0.792. The molecule has 0 amide bonds. The van der Waals surface area contributed by atoms with Crippen LogP contribution in [-0.4, -0.2) is 210 Å². The van der Waals surface area contributed by atoms with Gasteiger partial charge in [-0.05, 0) is 105 Å². The Morgan fingerprint density at radius 3 is 2.27 bits per heavy atom. The number of benzene rings is 1. The van der Waals surface area contributed by atoms with Crippen molar-refractivity contribution in [2.45, 2.75) is 204 Å². The fourth-order valence-electron chi connectivity index (χ4n) is 11.7. The maximum Gasteiger partial charge on any atom is 0.311 e. The molecule has 20 atom stereocenters. The molecular weight excluding hydrogens is 976 g/mol. The first-order valence-corrected chi connectivity index (χ1v) is 26.5. The van der Waals surface area contributed by atoms with E-state index < -0.39 is 127 Å². The highest BCUT2D eigenvalue weighted by Crippen LogP contribution is 2.41. The highest BCUT2D eigenvalue weighted by Gasteiger charge is 2.53. The minimum atomic E-state index is -1.85. The van der Waals surface area contributed by atoms with Gasteiger partial charge in [0.25, 0.3) is 0 Å². The van der Waals surface area contributed by atoms with Gasteiger partial charge in [-0.3, -0.25) is 4.79 Å². The molecule has 3 aromatic rings. The number of rotatable bonds is 16. The molecule has 3 fully saturated rings. The summed E-state index contributed by atoms with van der Waals surface area (Å²) < 4.78 is 62.1. The van der Waals surface area contributed by atoms with E-state index in [0.29, 0.717) is 31.6 Å². The Kier molecular flexibility index (Phi) is 20.6. The quantitative estimate of drug-likeness (QED) is 0.129. The number of esters is 1. The summed E-state index contributed by atoms with van der Waals surface area (Å²) in [7, 11) is 6.73. The molecule has 0 spiro atoms. The fourth-order valence-corrected chi connectivity index (χ4v) is 11.7. The second kappa shape index (κ2) is 25.4. The number of likely N-dealkylation sites (N-methyl/N-ethyl adjacent to an activating group) is 2. The van der Waals surface area contributed by atoms with Gasteiger partial charge in [0, 0.05) is 64.3 Å². The molecule has 0 aliphatic carbocycles. The predicted octanol–water partition coefficient (Wildman–Crippen LogP) is 3.58. The number of methoxy groups -OCH3 is 2. The van der Waals surface area contributed by atoms with Crippen molar-refractivity contribution < 1.29 is 67.9 Å². The van der Waals surface area contributed by atoms with Crippen molar-refractivity contribution in [1.29, 1.82) is 0 Å². The number of aliphatic hydroxyl groups is 5. The number of cyclic esters (lactones) is 1. The van der Waals surface area contributed by atoms with E-state index in [1.54, 1.807) is 71.7 Å². The molecule has 2 aromatic heterocycles. The van der Waals surface area contributed by atoms with Gasteiger partial charge in [0.15, 0.2) is 12.6 Å². The van der Waals surface area contributed by atoms with Crippen LogP contribution in [0.25, 0.3) is 5.69 Å². The molecule has 75 heavy (non-hydrogen) atoms. The number of carbonyl (C=O) groups is 1. The summed E-state index contributed by atoms with van der Waals surface area (Å²) in [6, 6.07) is 5.52. The summed E-state index contributed by atoms with van der Waals surface area (Å²) in [5.74, 6) is -2.89. The zero-order valence-electron chi connectivity index (χ0n) is 46.5. The van der Waals surface area contributed by atoms with E-state index in [-0.39, 0.29) is 25.2 Å². The number of halogens is 1. The van der Waals surface area contributed by atoms with E-state index in [1.165, 1.54) is 25.8 Å². The minimum absolute atomic E-state index is 0.0821. The normalized spacial score (nSPS) is 38.9. The Morgan fingerprint density at radius 1 is 0.960 bits per heavy atom. The van der Waals surface area contributed by atoms with Crippen molar-refractivity contribution in [2.24, 2.45) is 17.8 Å². The maximum atomic E-state index is 14.9. The molecule has 3 saturated heterocycles. The van der Waals surface area contributed by atoms with Gasteiger partial charge in [-0.2, -0.15) is 0 Å². The molecular formula is C53H87FN8O13. The maximum absolute atomic E-state index is 14.9. The van der Waals surface area contributed by atoms with Crippen molar-refractivity contribution in [1.82, 2.24) is 39.8 Å². The molecule has 5 N–H and O–H groups in total. The Bertz CT molecular complexity index is 2230. The van der Waals surface area contributed by atoms with Crippen LogP contribution in [0.4, 0.5) is 4.39 Å². The van der Waals surface area contributed by atoms with E-state index in [0.717, 1.165) is 11.3 Å². The van der Waals surface area contributed by atoms with Crippen molar-refractivity contribution >= 4 is 5.97 Å². The number of alkyl halides is 1. The zero-order chi connectivity index (χ0) is 55.3. The van der Waals surface area contributed by atoms with E-state index in [1.807, 2.05) is 62.0 Å². The Labute approximate surface area is 441 Å². The van der Waals surface area contributed by atoms with Gasteiger partial charge in [-0.15, -0.1) is 10.2 Å². The topological polar surface area (TPSA) is 251 Å². The zero-order valence-corrected chi connectivity index (χ0v) is 46.5. The summed E-state index contributed by atoms with van der Waals surface area (Å²) >= 11 is 0. The van der Waals surface area contributed by atoms with Crippen molar-refractivity contribution in [3.05, 3.63) is 54.1 Å². The molecule has 3 aliphatic heterocycles. The average molecular weight is 1060 g/mol. The number of aromatic nitrogens is 6. The number of hydrogen-bond acceptors (Lipinski definition) is 19. The van der Waals surface area contributed by atoms with Crippen LogP contribution >= 0.6 is 0 Å². The summed E-state index contributed by atoms with van der Waals surface area (Å²) in [5.41, 5.74) is -2.46. The van der Waals surface area contributed by atoms with Crippen LogP contribution in [-0.2, 0) is 44.4 Å². The van der Waals surface area contributed by atoms with Gasteiger partial charge in [-0.1, -0.05) is 43.3 Å². The second-order valence-electron chi connectivity index (χ2n) is 22.4. The highest BCUT2D eigenvalue weighted by molar-refractivity contribution is 5.73. The van der Waals surface area contributed by atoms with Crippen LogP contribution in [0.15, 0.2) is 42.9 Å². The van der Waals surface area contributed by atoms with Gasteiger partial charge in [0.05, 0.1) is 65.3 Å². The lowest BCUT2D eigenvalue weighted by atomic mass is 9.77.